The lowest BCUT2D eigenvalue weighted by atomic mass is 9.97. The average Bonchev–Trinajstić information content (AvgIpc) is 2.42. The van der Waals surface area contributed by atoms with Crippen molar-refractivity contribution >= 4 is 5.69 Å². The standard InChI is InChI=1S/C15H23FN2O/c1-17-9-13-14(16)6-3-7-15(13)18-8-4-5-12(10-18)11-19-2/h3,6-7,12,17H,4-5,8-11H2,1-2H3. The molecule has 0 saturated carbocycles. The van der Waals surface area contributed by atoms with Gasteiger partial charge < -0.3 is 15.0 Å². The van der Waals surface area contributed by atoms with Crippen LogP contribution in [-0.2, 0) is 11.3 Å². The molecular weight excluding hydrogens is 243 g/mol. The first kappa shape index (κ1) is 14.3. The zero-order valence-electron chi connectivity index (χ0n) is 11.8. The van der Waals surface area contributed by atoms with Crippen LogP contribution in [0.3, 0.4) is 0 Å². The molecule has 0 aliphatic carbocycles. The summed E-state index contributed by atoms with van der Waals surface area (Å²) in [5.74, 6) is 0.421. The van der Waals surface area contributed by atoms with Crippen LogP contribution in [0.4, 0.5) is 10.1 Å². The quantitative estimate of drug-likeness (QED) is 0.885. The van der Waals surface area contributed by atoms with E-state index in [0.29, 0.717) is 12.5 Å². The average molecular weight is 266 g/mol. The van der Waals surface area contributed by atoms with Gasteiger partial charge in [0.15, 0.2) is 0 Å². The fraction of sp³-hybridized carbons (Fsp3) is 0.600. The number of halogens is 1. The number of anilines is 1. The maximum atomic E-state index is 13.9. The van der Waals surface area contributed by atoms with Gasteiger partial charge >= 0.3 is 0 Å². The largest absolute Gasteiger partial charge is 0.384 e. The number of hydrogen-bond acceptors (Lipinski definition) is 3. The minimum Gasteiger partial charge on any atom is -0.384 e. The second-order valence-corrected chi connectivity index (χ2v) is 5.18. The smallest absolute Gasteiger partial charge is 0.129 e. The molecule has 1 aromatic rings. The molecule has 0 aromatic heterocycles. The van der Waals surface area contributed by atoms with E-state index < -0.39 is 0 Å². The lowest BCUT2D eigenvalue weighted by molar-refractivity contribution is 0.143. The van der Waals surface area contributed by atoms with Crippen molar-refractivity contribution in [1.82, 2.24) is 5.32 Å². The van der Waals surface area contributed by atoms with E-state index in [-0.39, 0.29) is 5.82 Å². The summed E-state index contributed by atoms with van der Waals surface area (Å²) >= 11 is 0. The Bertz CT molecular complexity index is 409. The lowest BCUT2D eigenvalue weighted by Crippen LogP contribution is -2.38. The van der Waals surface area contributed by atoms with Crippen LogP contribution in [0.25, 0.3) is 0 Å². The molecule has 1 aliphatic heterocycles. The topological polar surface area (TPSA) is 24.5 Å². The number of hydrogen-bond donors (Lipinski definition) is 1. The van der Waals surface area contributed by atoms with Crippen molar-refractivity contribution in [3.63, 3.8) is 0 Å². The van der Waals surface area contributed by atoms with E-state index in [1.54, 1.807) is 13.2 Å². The SMILES string of the molecule is CNCc1c(F)cccc1N1CCCC(COC)C1. The first-order valence-electron chi connectivity index (χ1n) is 6.92. The van der Waals surface area contributed by atoms with Crippen LogP contribution in [0.5, 0.6) is 0 Å². The molecule has 0 spiro atoms. The van der Waals surface area contributed by atoms with Gasteiger partial charge in [0, 0.05) is 38.0 Å². The van der Waals surface area contributed by atoms with Gasteiger partial charge in [0.05, 0.1) is 6.61 Å². The molecule has 19 heavy (non-hydrogen) atoms. The van der Waals surface area contributed by atoms with E-state index in [9.17, 15) is 4.39 Å². The Balaban J connectivity index is 2.18. The Labute approximate surface area is 114 Å². The summed E-state index contributed by atoms with van der Waals surface area (Å²) in [5.41, 5.74) is 1.79. The molecule has 1 heterocycles. The maximum absolute atomic E-state index is 13.9. The molecule has 0 amide bonds. The number of ether oxygens (including phenoxy) is 1. The molecule has 1 fully saturated rings. The zero-order valence-corrected chi connectivity index (χ0v) is 11.8. The minimum absolute atomic E-state index is 0.124. The van der Waals surface area contributed by atoms with E-state index in [2.05, 4.69) is 10.2 Å². The molecule has 2 rings (SSSR count). The Morgan fingerprint density at radius 3 is 3.05 bits per heavy atom. The summed E-state index contributed by atoms with van der Waals surface area (Å²) in [6.07, 6.45) is 2.34. The number of methoxy groups -OCH3 is 1. The van der Waals surface area contributed by atoms with Gasteiger partial charge in [-0.1, -0.05) is 6.07 Å². The van der Waals surface area contributed by atoms with Gasteiger partial charge in [0.25, 0.3) is 0 Å². The van der Waals surface area contributed by atoms with Gasteiger partial charge in [-0.3, -0.25) is 0 Å². The molecule has 1 saturated heterocycles. The van der Waals surface area contributed by atoms with Gasteiger partial charge in [0.2, 0.25) is 0 Å². The van der Waals surface area contributed by atoms with Crippen molar-refractivity contribution in [3.05, 3.63) is 29.6 Å². The minimum atomic E-state index is -0.124. The lowest BCUT2D eigenvalue weighted by Gasteiger charge is -2.35. The molecule has 0 radical (unpaired) electrons. The van der Waals surface area contributed by atoms with E-state index in [1.165, 1.54) is 12.5 Å². The molecule has 1 aliphatic rings. The van der Waals surface area contributed by atoms with Gasteiger partial charge in [-0.05, 0) is 37.9 Å². The summed E-state index contributed by atoms with van der Waals surface area (Å²) < 4.78 is 19.2. The Morgan fingerprint density at radius 1 is 1.47 bits per heavy atom. The van der Waals surface area contributed by atoms with E-state index >= 15 is 0 Å². The van der Waals surface area contributed by atoms with Gasteiger partial charge in [-0.2, -0.15) is 0 Å². The van der Waals surface area contributed by atoms with E-state index in [1.807, 2.05) is 13.1 Å². The molecule has 106 valence electrons. The number of nitrogens with zero attached hydrogens (tertiary/aromatic N) is 1. The zero-order chi connectivity index (χ0) is 13.7. The number of nitrogens with one attached hydrogen (secondary N) is 1. The normalized spacial score (nSPS) is 19.7. The van der Waals surface area contributed by atoms with Crippen LogP contribution in [0.2, 0.25) is 0 Å². The Morgan fingerprint density at radius 2 is 2.32 bits per heavy atom. The number of rotatable bonds is 5. The van der Waals surface area contributed by atoms with Crippen LogP contribution in [-0.4, -0.2) is 33.9 Å². The van der Waals surface area contributed by atoms with Gasteiger partial charge in [-0.15, -0.1) is 0 Å². The van der Waals surface area contributed by atoms with Crippen LogP contribution >= 0.6 is 0 Å². The van der Waals surface area contributed by atoms with Gasteiger partial charge in [-0.25, -0.2) is 4.39 Å². The van der Waals surface area contributed by atoms with Crippen LogP contribution in [0.15, 0.2) is 18.2 Å². The molecule has 1 N–H and O–H groups in total. The van der Waals surface area contributed by atoms with Crippen LogP contribution < -0.4 is 10.2 Å². The molecule has 1 aromatic carbocycles. The molecule has 1 atom stereocenters. The highest BCUT2D eigenvalue weighted by Crippen LogP contribution is 2.28. The summed E-state index contributed by atoms with van der Waals surface area (Å²) in [5, 5.41) is 3.05. The third kappa shape index (κ3) is 3.45. The Kier molecular flexibility index (Phi) is 5.16. The summed E-state index contributed by atoms with van der Waals surface area (Å²) in [6.45, 7) is 3.30. The highest BCUT2D eigenvalue weighted by molar-refractivity contribution is 5.54. The second-order valence-electron chi connectivity index (χ2n) is 5.18. The molecule has 4 heteroatoms. The van der Waals surface area contributed by atoms with Crippen molar-refractivity contribution in [1.29, 1.82) is 0 Å². The summed E-state index contributed by atoms with van der Waals surface area (Å²) in [7, 11) is 3.59. The first-order valence-corrected chi connectivity index (χ1v) is 6.92. The van der Waals surface area contributed by atoms with Crippen molar-refractivity contribution in [3.8, 4) is 0 Å². The molecule has 1 unspecified atom stereocenters. The Hall–Kier alpha value is -1.13. The molecule has 0 bridgehead atoms. The molecule has 3 nitrogen and oxygen atoms in total. The van der Waals surface area contributed by atoms with Crippen molar-refractivity contribution < 1.29 is 9.13 Å². The highest BCUT2D eigenvalue weighted by Gasteiger charge is 2.22. The number of piperidine rings is 1. The predicted molar refractivity (Wildman–Crippen MR) is 76.0 cm³/mol. The maximum Gasteiger partial charge on any atom is 0.129 e. The van der Waals surface area contributed by atoms with Gasteiger partial charge in [0.1, 0.15) is 5.82 Å². The molecular formula is C15H23FN2O. The van der Waals surface area contributed by atoms with E-state index in [4.69, 9.17) is 4.74 Å². The fourth-order valence-electron chi connectivity index (χ4n) is 2.85. The first-order chi connectivity index (χ1) is 9.26. The third-order valence-corrected chi connectivity index (χ3v) is 3.71. The third-order valence-electron chi connectivity index (χ3n) is 3.71. The second kappa shape index (κ2) is 6.87. The number of benzene rings is 1. The van der Waals surface area contributed by atoms with Crippen LogP contribution in [0, 0.1) is 11.7 Å². The monoisotopic (exact) mass is 266 g/mol. The van der Waals surface area contributed by atoms with E-state index in [0.717, 1.165) is 37.4 Å². The predicted octanol–water partition coefficient (Wildman–Crippen LogP) is 2.41. The van der Waals surface area contributed by atoms with Crippen molar-refractivity contribution in [2.45, 2.75) is 19.4 Å². The highest BCUT2D eigenvalue weighted by atomic mass is 19.1. The van der Waals surface area contributed by atoms with Crippen molar-refractivity contribution in [2.75, 3.05) is 38.8 Å². The summed E-state index contributed by atoms with van der Waals surface area (Å²) in [4.78, 5) is 2.29. The fourth-order valence-corrected chi connectivity index (χ4v) is 2.85. The summed E-state index contributed by atoms with van der Waals surface area (Å²) in [6, 6.07) is 5.35. The van der Waals surface area contributed by atoms with Crippen LogP contribution in [0.1, 0.15) is 18.4 Å². The van der Waals surface area contributed by atoms with Crippen molar-refractivity contribution in [2.24, 2.45) is 5.92 Å².